The minimum atomic E-state index is -6.56. The van der Waals surface area contributed by atoms with Crippen LogP contribution in [0.5, 0.6) is 0 Å². The first-order valence-electron chi connectivity index (χ1n) is 4.51. The van der Waals surface area contributed by atoms with E-state index in [4.69, 9.17) is 0 Å². The molecule has 0 amide bonds. The van der Waals surface area contributed by atoms with E-state index in [1.807, 2.05) is 0 Å². The molecular formula is C8H8F8O2. The molecule has 18 heavy (non-hydrogen) atoms. The lowest BCUT2D eigenvalue weighted by atomic mass is 10.1. The summed E-state index contributed by atoms with van der Waals surface area (Å²) >= 11 is 0. The fraction of sp³-hybridized carbons (Fsp3) is 0.875. The van der Waals surface area contributed by atoms with Gasteiger partial charge in [0, 0.05) is 0 Å². The summed E-state index contributed by atoms with van der Waals surface area (Å²) in [5.41, 5.74) is 0. The first-order valence-corrected chi connectivity index (χ1v) is 4.51. The van der Waals surface area contributed by atoms with Crippen LogP contribution in [0, 0.1) is 0 Å². The minimum absolute atomic E-state index is 0.0430. The van der Waals surface area contributed by atoms with Crippen LogP contribution >= 0.6 is 0 Å². The molecule has 0 spiro atoms. The van der Waals surface area contributed by atoms with Crippen molar-refractivity contribution in [3.8, 4) is 0 Å². The molecule has 0 bridgehead atoms. The van der Waals surface area contributed by atoms with Crippen LogP contribution in [0.15, 0.2) is 0 Å². The van der Waals surface area contributed by atoms with Crippen LogP contribution < -0.4 is 0 Å². The zero-order valence-corrected chi connectivity index (χ0v) is 8.83. The summed E-state index contributed by atoms with van der Waals surface area (Å²) in [7, 11) is 0. The molecule has 0 aliphatic rings. The van der Waals surface area contributed by atoms with Gasteiger partial charge in [-0.3, -0.25) is 0 Å². The van der Waals surface area contributed by atoms with Crippen LogP contribution in [-0.2, 0) is 9.53 Å². The lowest BCUT2D eigenvalue weighted by Gasteiger charge is -2.30. The third kappa shape index (κ3) is 2.66. The SMILES string of the molecule is CCCOC(=O)C(F)(F)C(F)(F)C(F)(F)C(F)F. The highest BCUT2D eigenvalue weighted by atomic mass is 19.4. The molecule has 10 heteroatoms. The summed E-state index contributed by atoms with van der Waals surface area (Å²) in [5, 5.41) is 0. The average molecular weight is 288 g/mol. The van der Waals surface area contributed by atoms with Gasteiger partial charge in [-0.05, 0) is 6.42 Å². The van der Waals surface area contributed by atoms with E-state index in [2.05, 4.69) is 4.74 Å². The highest BCUT2D eigenvalue weighted by molar-refractivity contribution is 5.79. The van der Waals surface area contributed by atoms with Crippen LogP contribution in [0.25, 0.3) is 0 Å². The standard InChI is InChI=1S/C8H8F8O2/c1-2-3-18-5(17)7(13,14)8(15,16)6(11,12)4(9)10/h4H,2-3H2,1H3. The predicted molar refractivity (Wildman–Crippen MR) is 42.1 cm³/mol. The second-order valence-corrected chi connectivity index (χ2v) is 3.21. The van der Waals surface area contributed by atoms with Crippen LogP contribution in [0.4, 0.5) is 35.1 Å². The number of ether oxygens (including phenoxy) is 1. The number of carbonyl (C=O) groups excluding carboxylic acids is 1. The van der Waals surface area contributed by atoms with Gasteiger partial charge in [-0.15, -0.1) is 0 Å². The number of rotatable bonds is 6. The van der Waals surface area contributed by atoms with Crippen LogP contribution in [-0.4, -0.2) is 36.8 Å². The van der Waals surface area contributed by atoms with Crippen molar-refractivity contribution in [3.05, 3.63) is 0 Å². The average Bonchev–Trinajstić information content (AvgIpc) is 2.24. The van der Waals surface area contributed by atoms with E-state index in [-0.39, 0.29) is 6.42 Å². The topological polar surface area (TPSA) is 26.3 Å². The van der Waals surface area contributed by atoms with Crippen LogP contribution in [0.3, 0.4) is 0 Å². The number of hydrogen-bond donors (Lipinski definition) is 0. The highest BCUT2D eigenvalue weighted by Gasteiger charge is 2.79. The normalized spacial score (nSPS) is 13.9. The van der Waals surface area contributed by atoms with E-state index in [1.54, 1.807) is 0 Å². The second-order valence-electron chi connectivity index (χ2n) is 3.21. The zero-order chi connectivity index (χ0) is 14.8. The monoisotopic (exact) mass is 288 g/mol. The Morgan fingerprint density at radius 2 is 1.56 bits per heavy atom. The Morgan fingerprint density at radius 3 is 1.89 bits per heavy atom. The number of hydrogen-bond acceptors (Lipinski definition) is 2. The Balaban J connectivity index is 5.25. The molecule has 0 aliphatic carbocycles. The summed E-state index contributed by atoms with van der Waals surface area (Å²) in [6, 6.07) is 0. The molecule has 0 heterocycles. The van der Waals surface area contributed by atoms with Gasteiger partial charge in [-0.25, -0.2) is 13.6 Å². The van der Waals surface area contributed by atoms with E-state index >= 15 is 0 Å². The van der Waals surface area contributed by atoms with E-state index in [9.17, 15) is 39.9 Å². The molecule has 0 saturated heterocycles. The first kappa shape index (κ1) is 16.9. The Bertz CT molecular complexity index is 301. The van der Waals surface area contributed by atoms with Crippen molar-refractivity contribution in [1.29, 1.82) is 0 Å². The van der Waals surface area contributed by atoms with Crippen molar-refractivity contribution in [3.63, 3.8) is 0 Å². The molecule has 0 fully saturated rings. The molecule has 108 valence electrons. The maximum atomic E-state index is 12.7. The zero-order valence-electron chi connectivity index (χ0n) is 8.83. The molecule has 0 rings (SSSR count). The Kier molecular flexibility index (Phi) is 4.95. The molecular weight excluding hydrogens is 280 g/mol. The maximum Gasteiger partial charge on any atom is 0.410 e. The predicted octanol–water partition coefficient (Wildman–Crippen LogP) is 3.11. The van der Waals surface area contributed by atoms with E-state index in [0.29, 0.717) is 0 Å². The van der Waals surface area contributed by atoms with Gasteiger partial charge in [0.1, 0.15) is 0 Å². The Hall–Kier alpha value is -1.09. The van der Waals surface area contributed by atoms with Crippen LogP contribution in [0.2, 0.25) is 0 Å². The third-order valence-electron chi connectivity index (χ3n) is 1.78. The van der Waals surface area contributed by atoms with Crippen molar-refractivity contribution in [2.75, 3.05) is 6.61 Å². The molecule has 0 radical (unpaired) electrons. The molecule has 2 nitrogen and oxygen atoms in total. The van der Waals surface area contributed by atoms with Gasteiger partial charge in [0.05, 0.1) is 6.61 Å². The maximum absolute atomic E-state index is 12.7. The largest absolute Gasteiger partial charge is 0.461 e. The first-order chi connectivity index (χ1) is 7.92. The summed E-state index contributed by atoms with van der Waals surface area (Å²) in [6.07, 6.45) is -5.10. The van der Waals surface area contributed by atoms with Gasteiger partial charge >= 0.3 is 30.2 Å². The molecule has 0 atom stereocenters. The third-order valence-corrected chi connectivity index (χ3v) is 1.78. The van der Waals surface area contributed by atoms with E-state index < -0.39 is 36.8 Å². The van der Waals surface area contributed by atoms with Crippen molar-refractivity contribution < 1.29 is 44.7 Å². The summed E-state index contributed by atoms with van der Waals surface area (Å²) in [6.45, 7) is 0.585. The number of alkyl halides is 8. The fourth-order valence-electron chi connectivity index (χ4n) is 0.760. The quantitative estimate of drug-likeness (QED) is 0.554. The van der Waals surface area contributed by atoms with E-state index in [1.165, 1.54) is 6.92 Å². The van der Waals surface area contributed by atoms with Crippen molar-refractivity contribution in [2.45, 2.75) is 37.5 Å². The number of esters is 1. The van der Waals surface area contributed by atoms with Gasteiger partial charge in [-0.1, -0.05) is 6.92 Å². The highest BCUT2D eigenvalue weighted by Crippen LogP contribution is 2.48. The summed E-state index contributed by atoms with van der Waals surface area (Å²) in [5.74, 6) is -21.9. The van der Waals surface area contributed by atoms with E-state index in [0.717, 1.165) is 0 Å². The van der Waals surface area contributed by atoms with Gasteiger partial charge in [0.15, 0.2) is 0 Å². The molecule has 0 unspecified atom stereocenters. The lowest BCUT2D eigenvalue weighted by Crippen LogP contribution is -2.61. The molecule has 0 saturated carbocycles. The van der Waals surface area contributed by atoms with Gasteiger partial charge in [0.2, 0.25) is 0 Å². The molecule has 0 N–H and O–H groups in total. The summed E-state index contributed by atoms with van der Waals surface area (Å²) < 4.78 is 102. The number of halogens is 8. The van der Waals surface area contributed by atoms with Crippen molar-refractivity contribution in [2.24, 2.45) is 0 Å². The summed E-state index contributed by atoms with van der Waals surface area (Å²) in [4.78, 5) is 10.5. The lowest BCUT2D eigenvalue weighted by molar-refractivity contribution is -0.332. The van der Waals surface area contributed by atoms with Crippen LogP contribution in [0.1, 0.15) is 13.3 Å². The number of carbonyl (C=O) groups is 1. The molecule has 0 aromatic heterocycles. The van der Waals surface area contributed by atoms with Crippen molar-refractivity contribution in [1.82, 2.24) is 0 Å². The van der Waals surface area contributed by atoms with Gasteiger partial charge < -0.3 is 4.74 Å². The molecule has 0 aromatic carbocycles. The van der Waals surface area contributed by atoms with Crippen molar-refractivity contribution >= 4 is 5.97 Å². The van der Waals surface area contributed by atoms with Gasteiger partial charge in [-0.2, -0.15) is 26.3 Å². The smallest absolute Gasteiger partial charge is 0.410 e. The Labute approximate surface area is 95.9 Å². The molecule has 0 aliphatic heterocycles. The second kappa shape index (κ2) is 5.27. The minimum Gasteiger partial charge on any atom is -0.461 e. The Morgan fingerprint density at radius 1 is 1.11 bits per heavy atom. The fourth-order valence-corrected chi connectivity index (χ4v) is 0.760. The van der Waals surface area contributed by atoms with Gasteiger partial charge in [0.25, 0.3) is 0 Å². The molecule has 0 aromatic rings.